The Morgan fingerprint density at radius 2 is 0.971 bits per heavy atom. The molecule has 0 bridgehead atoms. The lowest BCUT2D eigenvalue weighted by Gasteiger charge is -2.23. The number of carbonyl (C=O) groups is 1. The van der Waals surface area contributed by atoms with Crippen LogP contribution in [0.4, 0.5) is 0 Å². The average molecular weight is 500 g/mol. The number of amides is 1. The van der Waals surface area contributed by atoms with E-state index in [1.165, 1.54) is 103 Å². The Hall–Kier alpha value is -0.650. The molecular formula is C30H61NO4. The third-order valence-corrected chi connectivity index (χ3v) is 7.17. The summed E-state index contributed by atoms with van der Waals surface area (Å²) < 4.78 is 0. The molecule has 3 unspecified atom stereocenters. The van der Waals surface area contributed by atoms with E-state index in [4.69, 9.17) is 0 Å². The van der Waals surface area contributed by atoms with E-state index >= 15 is 0 Å². The molecule has 0 aliphatic heterocycles. The third-order valence-electron chi connectivity index (χ3n) is 7.17. The molecule has 4 N–H and O–H groups in total. The number of hydrogen-bond acceptors (Lipinski definition) is 4. The standard InChI is InChI=1S/C30H61NO4/c1-3-5-7-9-11-13-15-17-19-21-23-27(33)25-30(35)31-28(26-32)29(34)24-22-20-18-16-14-12-10-8-6-4-2/h27-29,32-34H,3-26H2,1-2H3,(H,31,35). The molecule has 0 aromatic heterocycles. The summed E-state index contributed by atoms with van der Waals surface area (Å²) in [5.41, 5.74) is 0. The molecule has 0 rings (SSSR count). The Bertz CT molecular complexity index is 446. The topological polar surface area (TPSA) is 89.8 Å². The van der Waals surface area contributed by atoms with E-state index in [0.29, 0.717) is 12.8 Å². The lowest BCUT2D eigenvalue weighted by Crippen LogP contribution is -2.46. The molecule has 0 aromatic rings. The second kappa shape index (κ2) is 26.4. The third kappa shape index (κ3) is 23.5. The van der Waals surface area contributed by atoms with E-state index in [1.807, 2.05) is 0 Å². The minimum Gasteiger partial charge on any atom is -0.394 e. The summed E-state index contributed by atoms with van der Waals surface area (Å²) in [5.74, 6) is -0.286. The van der Waals surface area contributed by atoms with Crippen molar-refractivity contribution in [3.05, 3.63) is 0 Å². The molecule has 0 heterocycles. The Kier molecular flexibility index (Phi) is 25.9. The van der Waals surface area contributed by atoms with Crippen LogP contribution in [0.2, 0.25) is 0 Å². The van der Waals surface area contributed by atoms with Crippen LogP contribution in [0.5, 0.6) is 0 Å². The van der Waals surface area contributed by atoms with Crippen LogP contribution in [0, 0.1) is 0 Å². The second-order valence-corrected chi connectivity index (χ2v) is 10.7. The van der Waals surface area contributed by atoms with Gasteiger partial charge >= 0.3 is 0 Å². The van der Waals surface area contributed by atoms with Crippen molar-refractivity contribution >= 4 is 5.91 Å². The van der Waals surface area contributed by atoms with Gasteiger partial charge in [-0.25, -0.2) is 0 Å². The minimum absolute atomic E-state index is 0.0406. The van der Waals surface area contributed by atoms with Gasteiger partial charge in [0.25, 0.3) is 0 Å². The molecule has 0 aliphatic rings. The van der Waals surface area contributed by atoms with Crippen LogP contribution in [0.1, 0.15) is 162 Å². The molecule has 0 fully saturated rings. The summed E-state index contributed by atoms with van der Waals surface area (Å²) in [6.07, 6.45) is 24.7. The minimum atomic E-state index is -0.739. The van der Waals surface area contributed by atoms with Crippen molar-refractivity contribution in [3.63, 3.8) is 0 Å². The van der Waals surface area contributed by atoms with Crippen LogP contribution >= 0.6 is 0 Å². The first-order valence-electron chi connectivity index (χ1n) is 15.3. The summed E-state index contributed by atoms with van der Waals surface area (Å²) >= 11 is 0. The number of nitrogens with one attached hydrogen (secondary N) is 1. The zero-order valence-electron chi connectivity index (χ0n) is 23.5. The fraction of sp³-hybridized carbons (Fsp3) is 0.967. The molecule has 35 heavy (non-hydrogen) atoms. The first kappa shape index (κ1) is 34.4. The summed E-state index contributed by atoms with van der Waals surface area (Å²) in [4.78, 5) is 12.3. The Morgan fingerprint density at radius 1 is 0.600 bits per heavy atom. The molecule has 210 valence electrons. The summed E-state index contributed by atoms with van der Waals surface area (Å²) in [6, 6.07) is -0.648. The largest absolute Gasteiger partial charge is 0.394 e. The highest BCUT2D eigenvalue weighted by Crippen LogP contribution is 2.15. The van der Waals surface area contributed by atoms with Crippen molar-refractivity contribution in [2.45, 2.75) is 180 Å². The maximum absolute atomic E-state index is 12.3. The fourth-order valence-electron chi connectivity index (χ4n) is 4.75. The Morgan fingerprint density at radius 3 is 1.37 bits per heavy atom. The van der Waals surface area contributed by atoms with Crippen molar-refractivity contribution in [3.8, 4) is 0 Å². The number of aliphatic hydroxyl groups is 3. The van der Waals surface area contributed by atoms with Gasteiger partial charge in [-0.1, -0.05) is 142 Å². The fourth-order valence-corrected chi connectivity index (χ4v) is 4.75. The highest BCUT2D eigenvalue weighted by atomic mass is 16.3. The molecule has 0 aromatic carbocycles. The van der Waals surface area contributed by atoms with Gasteiger partial charge in [0.05, 0.1) is 31.3 Å². The summed E-state index contributed by atoms with van der Waals surface area (Å²) in [6.45, 7) is 4.20. The van der Waals surface area contributed by atoms with Gasteiger partial charge in [-0.3, -0.25) is 4.79 Å². The van der Waals surface area contributed by atoms with Crippen LogP contribution in [-0.2, 0) is 4.79 Å². The van der Waals surface area contributed by atoms with Crippen LogP contribution in [0.25, 0.3) is 0 Å². The number of hydrogen-bond donors (Lipinski definition) is 4. The lowest BCUT2D eigenvalue weighted by molar-refractivity contribution is -0.125. The highest BCUT2D eigenvalue weighted by Gasteiger charge is 2.21. The van der Waals surface area contributed by atoms with Crippen molar-refractivity contribution in [2.24, 2.45) is 0 Å². The predicted octanol–water partition coefficient (Wildman–Crippen LogP) is 7.20. The van der Waals surface area contributed by atoms with Crippen molar-refractivity contribution in [1.82, 2.24) is 5.32 Å². The molecule has 0 radical (unpaired) electrons. The predicted molar refractivity (Wildman–Crippen MR) is 149 cm³/mol. The molecule has 5 heteroatoms. The number of rotatable bonds is 27. The molecule has 5 nitrogen and oxygen atoms in total. The van der Waals surface area contributed by atoms with E-state index in [-0.39, 0.29) is 18.9 Å². The Labute approximate surface area is 217 Å². The van der Waals surface area contributed by atoms with E-state index in [0.717, 1.165) is 25.7 Å². The molecule has 0 saturated carbocycles. The van der Waals surface area contributed by atoms with Gasteiger partial charge in [-0.2, -0.15) is 0 Å². The van der Waals surface area contributed by atoms with Crippen LogP contribution in [0.3, 0.4) is 0 Å². The van der Waals surface area contributed by atoms with Gasteiger partial charge in [0.2, 0.25) is 5.91 Å². The zero-order valence-corrected chi connectivity index (χ0v) is 23.5. The monoisotopic (exact) mass is 499 g/mol. The maximum atomic E-state index is 12.3. The van der Waals surface area contributed by atoms with Crippen LogP contribution in [0.15, 0.2) is 0 Å². The van der Waals surface area contributed by atoms with Gasteiger partial charge < -0.3 is 20.6 Å². The maximum Gasteiger partial charge on any atom is 0.222 e. The number of carbonyl (C=O) groups excluding carboxylic acids is 1. The second-order valence-electron chi connectivity index (χ2n) is 10.7. The van der Waals surface area contributed by atoms with Crippen LogP contribution < -0.4 is 5.32 Å². The average Bonchev–Trinajstić information content (AvgIpc) is 2.84. The van der Waals surface area contributed by atoms with E-state index in [1.54, 1.807) is 0 Å². The lowest BCUT2D eigenvalue weighted by atomic mass is 10.0. The van der Waals surface area contributed by atoms with Gasteiger partial charge in [-0.15, -0.1) is 0 Å². The molecular weight excluding hydrogens is 438 g/mol. The van der Waals surface area contributed by atoms with Crippen molar-refractivity contribution in [1.29, 1.82) is 0 Å². The first-order valence-corrected chi connectivity index (χ1v) is 15.3. The van der Waals surface area contributed by atoms with E-state index < -0.39 is 18.2 Å². The summed E-state index contributed by atoms with van der Waals surface area (Å²) in [7, 11) is 0. The smallest absolute Gasteiger partial charge is 0.222 e. The van der Waals surface area contributed by atoms with Crippen molar-refractivity contribution in [2.75, 3.05) is 6.61 Å². The number of aliphatic hydroxyl groups excluding tert-OH is 3. The van der Waals surface area contributed by atoms with Gasteiger partial charge in [0.15, 0.2) is 0 Å². The molecule has 3 atom stereocenters. The molecule has 1 amide bonds. The van der Waals surface area contributed by atoms with Crippen LogP contribution in [-0.4, -0.2) is 46.1 Å². The van der Waals surface area contributed by atoms with E-state index in [2.05, 4.69) is 19.2 Å². The quantitative estimate of drug-likeness (QED) is 0.0900. The SMILES string of the molecule is CCCCCCCCCCCCC(O)CC(=O)NC(CO)C(O)CCCCCCCCCCCC. The number of unbranched alkanes of at least 4 members (excludes halogenated alkanes) is 18. The van der Waals surface area contributed by atoms with Gasteiger partial charge in [-0.05, 0) is 12.8 Å². The summed E-state index contributed by atoms with van der Waals surface area (Å²) in [5, 5.41) is 32.9. The van der Waals surface area contributed by atoms with Gasteiger partial charge in [0, 0.05) is 0 Å². The Balaban J connectivity index is 3.74. The van der Waals surface area contributed by atoms with E-state index in [9.17, 15) is 20.1 Å². The molecule has 0 spiro atoms. The molecule has 0 saturated heterocycles. The highest BCUT2D eigenvalue weighted by molar-refractivity contribution is 5.76. The zero-order chi connectivity index (χ0) is 26.0. The van der Waals surface area contributed by atoms with Crippen molar-refractivity contribution < 1.29 is 20.1 Å². The normalized spacial score (nSPS) is 14.1. The van der Waals surface area contributed by atoms with Gasteiger partial charge in [0.1, 0.15) is 0 Å². The first-order chi connectivity index (χ1) is 17.0. The molecule has 0 aliphatic carbocycles.